The normalized spacial score (nSPS) is 14.1. The van der Waals surface area contributed by atoms with Crippen LogP contribution in [0.15, 0.2) is 48.5 Å². The van der Waals surface area contributed by atoms with Gasteiger partial charge in [-0.3, -0.25) is 9.59 Å². The molecule has 5 nitrogen and oxygen atoms in total. The average molecular weight is 337 g/mol. The number of hydrogen-bond donors (Lipinski definition) is 2. The molecule has 2 aromatic carbocycles. The van der Waals surface area contributed by atoms with Crippen molar-refractivity contribution in [2.45, 2.75) is 19.8 Å². The summed E-state index contributed by atoms with van der Waals surface area (Å²) in [5.41, 5.74) is 9.39. The van der Waals surface area contributed by atoms with E-state index in [0.717, 1.165) is 24.2 Å². The number of nitrogens with zero attached hydrogens (tertiary/aromatic N) is 1. The van der Waals surface area contributed by atoms with Gasteiger partial charge in [-0.1, -0.05) is 37.3 Å². The van der Waals surface area contributed by atoms with Crippen molar-refractivity contribution in [3.05, 3.63) is 59.7 Å². The van der Waals surface area contributed by atoms with Crippen LogP contribution in [-0.4, -0.2) is 24.9 Å². The van der Waals surface area contributed by atoms with Gasteiger partial charge in [-0.2, -0.15) is 0 Å². The van der Waals surface area contributed by atoms with E-state index in [-0.39, 0.29) is 17.7 Å². The second-order valence-electron chi connectivity index (χ2n) is 6.42. The van der Waals surface area contributed by atoms with Crippen LogP contribution in [0.3, 0.4) is 0 Å². The number of fused-ring (bicyclic) bond motifs is 1. The van der Waals surface area contributed by atoms with Crippen molar-refractivity contribution < 1.29 is 9.59 Å². The van der Waals surface area contributed by atoms with Crippen LogP contribution in [-0.2, 0) is 22.4 Å². The molecule has 0 fully saturated rings. The van der Waals surface area contributed by atoms with Gasteiger partial charge in [0.1, 0.15) is 0 Å². The number of carbonyl (C=O) groups excluding carboxylic acids is 2. The van der Waals surface area contributed by atoms with Gasteiger partial charge in [0.15, 0.2) is 0 Å². The van der Waals surface area contributed by atoms with E-state index in [4.69, 9.17) is 5.73 Å². The summed E-state index contributed by atoms with van der Waals surface area (Å²) in [5, 5.41) is 2.83. The number of nitrogens with one attached hydrogen (secondary N) is 1. The molecule has 130 valence electrons. The van der Waals surface area contributed by atoms with Gasteiger partial charge in [0, 0.05) is 30.4 Å². The molecule has 1 unspecified atom stereocenters. The molecular formula is C20H23N3O2. The molecule has 25 heavy (non-hydrogen) atoms. The third-order valence-corrected chi connectivity index (χ3v) is 4.57. The Hall–Kier alpha value is -2.66. The minimum absolute atomic E-state index is 0.0958. The fourth-order valence-corrected chi connectivity index (χ4v) is 2.95. The van der Waals surface area contributed by atoms with Gasteiger partial charge in [-0.25, -0.2) is 0 Å². The number of amides is 2. The van der Waals surface area contributed by atoms with Crippen LogP contribution >= 0.6 is 0 Å². The van der Waals surface area contributed by atoms with Crippen molar-refractivity contribution in [3.8, 4) is 0 Å². The first-order chi connectivity index (χ1) is 12.1. The van der Waals surface area contributed by atoms with Gasteiger partial charge < -0.3 is 16.0 Å². The maximum Gasteiger partial charge on any atom is 0.231 e. The predicted molar refractivity (Wildman–Crippen MR) is 99.5 cm³/mol. The molecule has 0 saturated heterocycles. The third-order valence-electron chi connectivity index (χ3n) is 4.57. The summed E-state index contributed by atoms with van der Waals surface area (Å²) in [4.78, 5) is 26.3. The van der Waals surface area contributed by atoms with Gasteiger partial charge in [0.2, 0.25) is 11.8 Å². The lowest BCUT2D eigenvalue weighted by molar-refractivity contribution is -0.119. The zero-order valence-electron chi connectivity index (χ0n) is 14.4. The highest BCUT2D eigenvalue weighted by atomic mass is 16.2. The van der Waals surface area contributed by atoms with Crippen LogP contribution in [0.25, 0.3) is 0 Å². The van der Waals surface area contributed by atoms with Crippen molar-refractivity contribution in [1.82, 2.24) is 0 Å². The lowest BCUT2D eigenvalue weighted by Gasteiger charge is -2.17. The van der Waals surface area contributed by atoms with Crippen LogP contribution < -0.4 is 16.0 Å². The Bertz CT molecular complexity index is 771. The summed E-state index contributed by atoms with van der Waals surface area (Å²) in [5.74, 6) is -0.227. The van der Waals surface area contributed by atoms with E-state index in [0.29, 0.717) is 18.7 Å². The summed E-state index contributed by atoms with van der Waals surface area (Å²) in [7, 11) is 0. The lowest BCUT2D eigenvalue weighted by Crippen LogP contribution is -2.30. The van der Waals surface area contributed by atoms with E-state index < -0.39 is 0 Å². The van der Waals surface area contributed by atoms with E-state index in [1.807, 2.05) is 47.4 Å². The summed E-state index contributed by atoms with van der Waals surface area (Å²) in [6, 6.07) is 15.4. The van der Waals surface area contributed by atoms with Crippen LogP contribution in [0.2, 0.25) is 0 Å². The van der Waals surface area contributed by atoms with Crippen LogP contribution in [0, 0.1) is 5.92 Å². The SMILES string of the molecule is CC(CN)C(=O)Nc1ccc(CC(=O)N2CCc3ccccc32)cc1. The summed E-state index contributed by atoms with van der Waals surface area (Å²) >= 11 is 0. The Labute approximate surface area is 147 Å². The highest BCUT2D eigenvalue weighted by Crippen LogP contribution is 2.28. The highest BCUT2D eigenvalue weighted by Gasteiger charge is 2.23. The number of rotatable bonds is 5. The lowest BCUT2D eigenvalue weighted by atomic mass is 10.1. The van der Waals surface area contributed by atoms with Crippen LogP contribution in [0.5, 0.6) is 0 Å². The second-order valence-corrected chi connectivity index (χ2v) is 6.42. The molecule has 1 heterocycles. The van der Waals surface area contributed by atoms with Gasteiger partial charge in [-0.05, 0) is 35.7 Å². The quantitative estimate of drug-likeness (QED) is 0.879. The summed E-state index contributed by atoms with van der Waals surface area (Å²) < 4.78 is 0. The molecular weight excluding hydrogens is 314 g/mol. The van der Waals surface area contributed by atoms with Gasteiger partial charge >= 0.3 is 0 Å². The smallest absolute Gasteiger partial charge is 0.231 e. The molecule has 2 aromatic rings. The maximum atomic E-state index is 12.6. The van der Waals surface area contributed by atoms with Gasteiger partial charge in [0.25, 0.3) is 0 Å². The molecule has 1 atom stereocenters. The number of hydrogen-bond acceptors (Lipinski definition) is 3. The number of benzene rings is 2. The first kappa shape index (κ1) is 17.2. The summed E-state index contributed by atoms with van der Waals surface area (Å²) in [6.45, 7) is 2.84. The Morgan fingerprint density at radius 3 is 2.60 bits per heavy atom. The van der Waals surface area contributed by atoms with E-state index in [2.05, 4.69) is 11.4 Å². The average Bonchev–Trinajstić information content (AvgIpc) is 3.06. The largest absolute Gasteiger partial charge is 0.330 e. The molecule has 0 saturated carbocycles. The van der Waals surface area contributed by atoms with Gasteiger partial charge in [0.05, 0.1) is 6.42 Å². The Morgan fingerprint density at radius 2 is 1.88 bits per heavy atom. The van der Waals surface area contributed by atoms with E-state index in [1.165, 1.54) is 5.56 Å². The Kier molecular flexibility index (Phi) is 5.14. The molecule has 5 heteroatoms. The zero-order chi connectivity index (χ0) is 17.8. The zero-order valence-corrected chi connectivity index (χ0v) is 14.4. The summed E-state index contributed by atoms with van der Waals surface area (Å²) in [6.07, 6.45) is 1.26. The Morgan fingerprint density at radius 1 is 1.16 bits per heavy atom. The minimum atomic E-state index is -0.225. The molecule has 0 radical (unpaired) electrons. The highest BCUT2D eigenvalue weighted by molar-refractivity contribution is 5.97. The van der Waals surface area contributed by atoms with Crippen molar-refractivity contribution in [2.75, 3.05) is 23.3 Å². The molecule has 3 N–H and O–H groups in total. The fraction of sp³-hybridized carbons (Fsp3) is 0.300. The van der Waals surface area contributed by atoms with Crippen molar-refractivity contribution in [3.63, 3.8) is 0 Å². The van der Waals surface area contributed by atoms with E-state index in [1.54, 1.807) is 6.92 Å². The van der Waals surface area contributed by atoms with Crippen LogP contribution in [0.4, 0.5) is 11.4 Å². The first-order valence-electron chi connectivity index (χ1n) is 8.56. The van der Waals surface area contributed by atoms with Gasteiger partial charge in [-0.15, -0.1) is 0 Å². The maximum absolute atomic E-state index is 12.6. The minimum Gasteiger partial charge on any atom is -0.330 e. The molecule has 1 aliphatic rings. The second kappa shape index (κ2) is 7.49. The molecule has 2 amide bonds. The number of para-hydroxylation sites is 1. The molecule has 3 rings (SSSR count). The molecule has 1 aliphatic heterocycles. The molecule has 0 spiro atoms. The standard InChI is InChI=1S/C20H23N3O2/c1-14(13-21)20(25)22-17-8-6-15(7-9-17)12-19(24)23-11-10-16-4-2-3-5-18(16)23/h2-9,14H,10-13,21H2,1H3,(H,22,25). The van der Waals surface area contributed by atoms with E-state index in [9.17, 15) is 9.59 Å². The number of nitrogens with two attached hydrogens (primary N) is 1. The molecule has 0 aromatic heterocycles. The topological polar surface area (TPSA) is 75.4 Å². The monoisotopic (exact) mass is 337 g/mol. The van der Waals surface area contributed by atoms with Crippen molar-refractivity contribution in [1.29, 1.82) is 0 Å². The van der Waals surface area contributed by atoms with Crippen molar-refractivity contribution >= 4 is 23.2 Å². The third kappa shape index (κ3) is 3.88. The van der Waals surface area contributed by atoms with E-state index >= 15 is 0 Å². The number of anilines is 2. The van der Waals surface area contributed by atoms with Crippen molar-refractivity contribution in [2.24, 2.45) is 11.7 Å². The fourth-order valence-electron chi connectivity index (χ4n) is 2.95. The number of carbonyl (C=O) groups is 2. The molecule has 0 bridgehead atoms. The predicted octanol–water partition coefficient (Wildman–Crippen LogP) is 2.35. The molecule has 0 aliphatic carbocycles. The Balaban J connectivity index is 1.62. The van der Waals surface area contributed by atoms with Crippen LogP contribution in [0.1, 0.15) is 18.1 Å². The first-order valence-corrected chi connectivity index (χ1v) is 8.56.